The standard InChI is InChI=1S/C13H13NO2/c1-10(5-7-15)11-3-2-4-12(9-11)13-14-6-8-16-13/h2-4,6-10H,5H2,1H3. The predicted molar refractivity (Wildman–Crippen MR) is 61.0 cm³/mol. The number of aromatic nitrogens is 1. The van der Waals surface area contributed by atoms with E-state index in [4.69, 9.17) is 4.42 Å². The molecule has 0 aliphatic heterocycles. The molecule has 0 fully saturated rings. The molecule has 1 heterocycles. The molecule has 3 nitrogen and oxygen atoms in total. The third-order valence-corrected chi connectivity index (χ3v) is 2.58. The molecular formula is C13H13NO2. The molecule has 82 valence electrons. The second kappa shape index (κ2) is 4.75. The highest BCUT2D eigenvalue weighted by Gasteiger charge is 2.08. The summed E-state index contributed by atoms with van der Waals surface area (Å²) in [4.78, 5) is 14.6. The second-order valence-electron chi connectivity index (χ2n) is 3.77. The van der Waals surface area contributed by atoms with Crippen LogP contribution in [0.3, 0.4) is 0 Å². The van der Waals surface area contributed by atoms with Crippen molar-refractivity contribution < 1.29 is 9.21 Å². The van der Waals surface area contributed by atoms with Gasteiger partial charge in [0.05, 0.1) is 6.20 Å². The fourth-order valence-corrected chi connectivity index (χ4v) is 1.62. The minimum atomic E-state index is 0.229. The van der Waals surface area contributed by atoms with Crippen LogP contribution in [-0.4, -0.2) is 11.3 Å². The SMILES string of the molecule is CC(CC=O)c1cccc(-c2ncco2)c1. The van der Waals surface area contributed by atoms with Crippen molar-refractivity contribution in [3.05, 3.63) is 42.3 Å². The zero-order valence-corrected chi connectivity index (χ0v) is 9.09. The van der Waals surface area contributed by atoms with E-state index in [1.165, 1.54) is 0 Å². The molecule has 2 rings (SSSR count). The number of nitrogens with zero attached hydrogens (tertiary/aromatic N) is 1. The van der Waals surface area contributed by atoms with Gasteiger partial charge in [-0.25, -0.2) is 4.98 Å². The first-order chi connectivity index (χ1) is 7.81. The van der Waals surface area contributed by atoms with Crippen LogP contribution < -0.4 is 0 Å². The molecule has 0 aliphatic carbocycles. The molecule has 3 heteroatoms. The van der Waals surface area contributed by atoms with E-state index in [1.807, 2.05) is 31.2 Å². The van der Waals surface area contributed by atoms with Crippen LogP contribution in [0.5, 0.6) is 0 Å². The molecule has 1 aromatic carbocycles. The monoisotopic (exact) mass is 215 g/mol. The number of carbonyl (C=O) groups is 1. The molecule has 0 saturated heterocycles. The van der Waals surface area contributed by atoms with E-state index in [-0.39, 0.29) is 5.92 Å². The highest BCUT2D eigenvalue weighted by atomic mass is 16.3. The Balaban J connectivity index is 2.29. The first-order valence-corrected chi connectivity index (χ1v) is 5.24. The molecule has 0 bridgehead atoms. The van der Waals surface area contributed by atoms with Gasteiger partial charge >= 0.3 is 0 Å². The lowest BCUT2D eigenvalue weighted by Crippen LogP contribution is -1.94. The Morgan fingerprint density at radius 3 is 3.06 bits per heavy atom. The van der Waals surface area contributed by atoms with Crippen molar-refractivity contribution in [2.24, 2.45) is 0 Å². The third-order valence-electron chi connectivity index (χ3n) is 2.58. The molecule has 0 saturated carbocycles. The zero-order valence-electron chi connectivity index (χ0n) is 9.09. The van der Waals surface area contributed by atoms with E-state index in [1.54, 1.807) is 12.5 Å². The number of oxazole rings is 1. The molecule has 0 radical (unpaired) electrons. The molecule has 0 N–H and O–H groups in total. The molecule has 1 aromatic heterocycles. The van der Waals surface area contributed by atoms with Gasteiger partial charge in [0.2, 0.25) is 5.89 Å². The Morgan fingerprint density at radius 1 is 1.50 bits per heavy atom. The number of carbonyl (C=O) groups excluding carboxylic acids is 1. The van der Waals surface area contributed by atoms with Crippen LogP contribution in [0, 0.1) is 0 Å². The summed E-state index contributed by atoms with van der Waals surface area (Å²) in [5.74, 6) is 0.840. The second-order valence-corrected chi connectivity index (χ2v) is 3.77. The van der Waals surface area contributed by atoms with Crippen molar-refractivity contribution in [2.75, 3.05) is 0 Å². The number of hydrogen-bond donors (Lipinski definition) is 0. The van der Waals surface area contributed by atoms with E-state index >= 15 is 0 Å². The Labute approximate surface area is 94.1 Å². The van der Waals surface area contributed by atoms with Gasteiger partial charge in [-0.15, -0.1) is 0 Å². The molecule has 1 unspecified atom stereocenters. The maximum Gasteiger partial charge on any atom is 0.225 e. The highest BCUT2D eigenvalue weighted by Crippen LogP contribution is 2.24. The van der Waals surface area contributed by atoms with E-state index in [0.717, 1.165) is 17.4 Å². The summed E-state index contributed by atoms with van der Waals surface area (Å²) in [7, 11) is 0. The van der Waals surface area contributed by atoms with Gasteiger partial charge in [0, 0.05) is 12.0 Å². The van der Waals surface area contributed by atoms with Crippen molar-refractivity contribution in [1.82, 2.24) is 4.98 Å². The molecular weight excluding hydrogens is 202 g/mol. The number of hydrogen-bond acceptors (Lipinski definition) is 3. The zero-order chi connectivity index (χ0) is 11.4. The van der Waals surface area contributed by atoms with Crippen LogP contribution in [0.25, 0.3) is 11.5 Å². The van der Waals surface area contributed by atoms with E-state index in [2.05, 4.69) is 4.98 Å². The Bertz CT molecular complexity index is 463. The van der Waals surface area contributed by atoms with Crippen molar-refractivity contribution in [3.63, 3.8) is 0 Å². The molecule has 0 spiro atoms. The van der Waals surface area contributed by atoms with E-state index < -0.39 is 0 Å². The van der Waals surface area contributed by atoms with Crippen molar-refractivity contribution in [2.45, 2.75) is 19.3 Å². The summed E-state index contributed by atoms with van der Waals surface area (Å²) in [6.07, 6.45) is 4.66. The van der Waals surface area contributed by atoms with E-state index in [0.29, 0.717) is 12.3 Å². The minimum absolute atomic E-state index is 0.229. The minimum Gasteiger partial charge on any atom is -0.445 e. The normalized spacial score (nSPS) is 12.3. The molecule has 2 aromatic rings. The summed E-state index contributed by atoms with van der Waals surface area (Å²) in [6.45, 7) is 2.03. The van der Waals surface area contributed by atoms with Crippen LogP contribution in [0.15, 0.2) is 41.1 Å². The van der Waals surface area contributed by atoms with Crippen LogP contribution >= 0.6 is 0 Å². The van der Waals surface area contributed by atoms with Gasteiger partial charge in [-0.3, -0.25) is 0 Å². The number of aldehydes is 1. The Kier molecular flexibility index (Phi) is 3.15. The Hall–Kier alpha value is -1.90. The van der Waals surface area contributed by atoms with Crippen LogP contribution in [0.2, 0.25) is 0 Å². The lowest BCUT2D eigenvalue weighted by Gasteiger charge is -2.08. The largest absolute Gasteiger partial charge is 0.445 e. The number of benzene rings is 1. The van der Waals surface area contributed by atoms with E-state index in [9.17, 15) is 4.79 Å². The molecule has 0 amide bonds. The van der Waals surface area contributed by atoms with Crippen molar-refractivity contribution in [3.8, 4) is 11.5 Å². The lowest BCUT2D eigenvalue weighted by molar-refractivity contribution is -0.108. The maximum atomic E-state index is 10.5. The quantitative estimate of drug-likeness (QED) is 0.736. The van der Waals surface area contributed by atoms with Gasteiger partial charge in [0.15, 0.2) is 0 Å². The average molecular weight is 215 g/mol. The summed E-state index contributed by atoms with van der Waals surface area (Å²) < 4.78 is 5.23. The highest BCUT2D eigenvalue weighted by molar-refractivity contribution is 5.56. The lowest BCUT2D eigenvalue weighted by atomic mass is 9.97. The molecule has 0 aliphatic rings. The van der Waals surface area contributed by atoms with Gasteiger partial charge in [-0.1, -0.05) is 19.1 Å². The van der Waals surface area contributed by atoms with Gasteiger partial charge in [0.25, 0.3) is 0 Å². The summed E-state index contributed by atoms with van der Waals surface area (Å²) in [6, 6.07) is 7.93. The first-order valence-electron chi connectivity index (χ1n) is 5.24. The van der Waals surface area contributed by atoms with Gasteiger partial charge in [0.1, 0.15) is 12.5 Å². The number of rotatable bonds is 4. The van der Waals surface area contributed by atoms with Crippen LogP contribution in [0.4, 0.5) is 0 Å². The van der Waals surface area contributed by atoms with Crippen LogP contribution in [0.1, 0.15) is 24.8 Å². The Morgan fingerprint density at radius 2 is 2.38 bits per heavy atom. The summed E-state index contributed by atoms with van der Waals surface area (Å²) >= 11 is 0. The molecule has 16 heavy (non-hydrogen) atoms. The van der Waals surface area contributed by atoms with Crippen molar-refractivity contribution >= 4 is 6.29 Å². The topological polar surface area (TPSA) is 43.1 Å². The fourth-order valence-electron chi connectivity index (χ4n) is 1.62. The third kappa shape index (κ3) is 2.19. The van der Waals surface area contributed by atoms with Gasteiger partial charge < -0.3 is 9.21 Å². The van der Waals surface area contributed by atoms with Crippen LogP contribution in [-0.2, 0) is 4.79 Å². The van der Waals surface area contributed by atoms with Gasteiger partial charge in [-0.2, -0.15) is 0 Å². The fraction of sp³-hybridized carbons (Fsp3) is 0.231. The smallest absolute Gasteiger partial charge is 0.225 e. The molecule has 1 atom stereocenters. The maximum absolute atomic E-state index is 10.5. The van der Waals surface area contributed by atoms with Crippen molar-refractivity contribution in [1.29, 1.82) is 0 Å². The average Bonchev–Trinajstić information content (AvgIpc) is 2.83. The summed E-state index contributed by atoms with van der Waals surface area (Å²) in [5.41, 5.74) is 2.07. The first kappa shape index (κ1) is 10.6. The predicted octanol–water partition coefficient (Wildman–Crippen LogP) is 3.03. The summed E-state index contributed by atoms with van der Waals surface area (Å²) in [5, 5.41) is 0. The van der Waals surface area contributed by atoms with Gasteiger partial charge in [-0.05, 0) is 23.6 Å².